The van der Waals surface area contributed by atoms with Crippen molar-refractivity contribution in [3.05, 3.63) is 29.8 Å². The molecule has 1 aliphatic rings. The Morgan fingerprint density at radius 3 is 2.50 bits per heavy atom. The zero-order chi connectivity index (χ0) is 12.8. The van der Waals surface area contributed by atoms with Crippen LogP contribution in [0.4, 0.5) is 0 Å². The Balaban J connectivity index is 1.91. The Bertz CT molecular complexity index is 366. The molecule has 4 nitrogen and oxygen atoms in total. The summed E-state index contributed by atoms with van der Waals surface area (Å²) >= 11 is 0. The van der Waals surface area contributed by atoms with Gasteiger partial charge < -0.3 is 14.2 Å². The molecular weight excluding hydrogens is 232 g/mol. The van der Waals surface area contributed by atoms with Crippen molar-refractivity contribution in [1.82, 2.24) is 0 Å². The van der Waals surface area contributed by atoms with Crippen LogP contribution in [0.2, 0.25) is 0 Å². The lowest BCUT2D eigenvalue weighted by atomic mass is 10.0. The molecule has 0 spiro atoms. The van der Waals surface area contributed by atoms with Gasteiger partial charge in [0.1, 0.15) is 5.75 Å². The van der Waals surface area contributed by atoms with E-state index in [9.17, 15) is 4.79 Å². The second-order valence-corrected chi connectivity index (χ2v) is 4.29. The molecule has 0 N–H and O–H groups in total. The maximum Gasteiger partial charge on any atom is 0.214 e. The van der Waals surface area contributed by atoms with Crippen molar-refractivity contribution in [2.24, 2.45) is 0 Å². The van der Waals surface area contributed by atoms with Crippen LogP contribution in [-0.4, -0.2) is 32.4 Å². The highest BCUT2D eigenvalue weighted by molar-refractivity contribution is 5.54. The molecule has 1 saturated heterocycles. The average molecular weight is 250 g/mol. The lowest BCUT2D eigenvalue weighted by molar-refractivity contribution is -0.183. The number of hydrogen-bond acceptors (Lipinski definition) is 4. The highest BCUT2D eigenvalue weighted by Crippen LogP contribution is 2.24. The van der Waals surface area contributed by atoms with Gasteiger partial charge in [-0.2, -0.15) is 0 Å². The zero-order valence-corrected chi connectivity index (χ0v) is 10.5. The van der Waals surface area contributed by atoms with Crippen molar-refractivity contribution in [2.75, 3.05) is 19.8 Å². The molecule has 0 radical (unpaired) electrons. The molecule has 1 aromatic carbocycles. The topological polar surface area (TPSA) is 44.8 Å². The normalized spacial score (nSPS) is 23.6. The first-order valence-electron chi connectivity index (χ1n) is 6.24. The van der Waals surface area contributed by atoms with Gasteiger partial charge in [0.05, 0.1) is 19.8 Å². The fourth-order valence-corrected chi connectivity index (χ4v) is 1.85. The Morgan fingerprint density at radius 2 is 1.94 bits per heavy atom. The number of ether oxygens (including phenoxy) is 3. The summed E-state index contributed by atoms with van der Waals surface area (Å²) in [6.07, 6.45) is 0.977. The number of aldehydes is 1. The van der Waals surface area contributed by atoms with Crippen LogP contribution in [0.1, 0.15) is 24.8 Å². The first-order valence-corrected chi connectivity index (χ1v) is 6.24. The van der Waals surface area contributed by atoms with E-state index >= 15 is 0 Å². The molecule has 0 unspecified atom stereocenters. The molecular formula is C14H18O4. The maximum absolute atomic E-state index is 10.5. The standard InChI is InChI=1S/C14H18O4/c1-2-7-16-13-5-3-11(4-6-13)12-9-17-14(8-15)18-10-12/h3-6,8,12,14H,2,7,9-10H2,1H3. The van der Waals surface area contributed by atoms with Gasteiger partial charge in [0, 0.05) is 5.92 Å². The second-order valence-electron chi connectivity index (χ2n) is 4.29. The van der Waals surface area contributed by atoms with Crippen LogP contribution >= 0.6 is 0 Å². The Morgan fingerprint density at radius 1 is 1.28 bits per heavy atom. The molecule has 0 atom stereocenters. The van der Waals surface area contributed by atoms with Crippen molar-refractivity contribution in [2.45, 2.75) is 25.6 Å². The molecule has 0 saturated carbocycles. The average Bonchev–Trinajstić information content (AvgIpc) is 2.46. The van der Waals surface area contributed by atoms with E-state index in [0.29, 0.717) is 19.5 Å². The predicted molar refractivity (Wildman–Crippen MR) is 66.7 cm³/mol. The van der Waals surface area contributed by atoms with E-state index in [0.717, 1.165) is 24.3 Å². The first-order chi connectivity index (χ1) is 8.83. The third-order valence-electron chi connectivity index (χ3n) is 2.86. The summed E-state index contributed by atoms with van der Waals surface area (Å²) in [5, 5.41) is 0. The van der Waals surface area contributed by atoms with Crippen LogP contribution < -0.4 is 4.74 Å². The molecule has 0 aliphatic carbocycles. The van der Waals surface area contributed by atoms with Crippen LogP contribution in [-0.2, 0) is 14.3 Å². The molecule has 1 fully saturated rings. The number of hydrogen-bond donors (Lipinski definition) is 0. The van der Waals surface area contributed by atoms with Gasteiger partial charge >= 0.3 is 0 Å². The smallest absolute Gasteiger partial charge is 0.214 e. The van der Waals surface area contributed by atoms with E-state index in [4.69, 9.17) is 14.2 Å². The highest BCUT2D eigenvalue weighted by Gasteiger charge is 2.22. The van der Waals surface area contributed by atoms with E-state index in [1.54, 1.807) is 0 Å². The monoisotopic (exact) mass is 250 g/mol. The summed E-state index contributed by atoms with van der Waals surface area (Å²) in [6, 6.07) is 7.95. The Hall–Kier alpha value is -1.39. The van der Waals surface area contributed by atoms with E-state index in [2.05, 4.69) is 6.92 Å². The van der Waals surface area contributed by atoms with E-state index in [-0.39, 0.29) is 5.92 Å². The molecule has 1 aromatic rings. The lowest BCUT2D eigenvalue weighted by Gasteiger charge is -2.26. The molecule has 1 heterocycles. The lowest BCUT2D eigenvalue weighted by Crippen LogP contribution is -2.31. The van der Waals surface area contributed by atoms with Gasteiger partial charge in [-0.1, -0.05) is 19.1 Å². The van der Waals surface area contributed by atoms with Crippen LogP contribution in [0.15, 0.2) is 24.3 Å². The van der Waals surface area contributed by atoms with Crippen LogP contribution in [0, 0.1) is 0 Å². The predicted octanol–water partition coefficient (Wildman–Crippen LogP) is 2.13. The van der Waals surface area contributed by atoms with Crippen molar-refractivity contribution in [3.63, 3.8) is 0 Å². The molecule has 18 heavy (non-hydrogen) atoms. The number of benzene rings is 1. The first kappa shape index (κ1) is 13.1. The van der Waals surface area contributed by atoms with Crippen molar-refractivity contribution >= 4 is 6.29 Å². The van der Waals surface area contributed by atoms with Gasteiger partial charge in [-0.05, 0) is 24.1 Å². The van der Waals surface area contributed by atoms with Gasteiger partial charge in [0.25, 0.3) is 0 Å². The molecule has 0 aromatic heterocycles. The van der Waals surface area contributed by atoms with Gasteiger partial charge in [-0.25, -0.2) is 0 Å². The number of carbonyl (C=O) groups is 1. The fourth-order valence-electron chi connectivity index (χ4n) is 1.85. The molecule has 0 amide bonds. The van der Waals surface area contributed by atoms with Gasteiger partial charge in [-0.3, -0.25) is 4.79 Å². The number of rotatable bonds is 5. The third kappa shape index (κ3) is 3.31. The van der Waals surface area contributed by atoms with Crippen molar-refractivity contribution in [3.8, 4) is 5.75 Å². The largest absolute Gasteiger partial charge is 0.494 e. The quantitative estimate of drug-likeness (QED) is 0.751. The zero-order valence-electron chi connectivity index (χ0n) is 10.5. The Labute approximate surface area is 107 Å². The van der Waals surface area contributed by atoms with E-state index in [1.165, 1.54) is 0 Å². The molecule has 0 bridgehead atoms. The summed E-state index contributed by atoms with van der Waals surface area (Å²) in [4.78, 5) is 10.5. The summed E-state index contributed by atoms with van der Waals surface area (Å²) in [7, 11) is 0. The third-order valence-corrected chi connectivity index (χ3v) is 2.86. The fraction of sp³-hybridized carbons (Fsp3) is 0.500. The van der Waals surface area contributed by atoms with Gasteiger partial charge in [-0.15, -0.1) is 0 Å². The Kier molecular flexibility index (Phi) is 4.73. The molecule has 4 heteroatoms. The second kappa shape index (κ2) is 6.52. The maximum atomic E-state index is 10.5. The van der Waals surface area contributed by atoms with Crippen molar-refractivity contribution in [1.29, 1.82) is 0 Å². The molecule has 2 rings (SSSR count). The summed E-state index contributed by atoms with van der Waals surface area (Å²) < 4.78 is 16.1. The molecule has 98 valence electrons. The van der Waals surface area contributed by atoms with Crippen LogP contribution in [0.3, 0.4) is 0 Å². The molecule has 1 aliphatic heterocycles. The minimum absolute atomic E-state index is 0.182. The van der Waals surface area contributed by atoms with E-state index < -0.39 is 6.29 Å². The van der Waals surface area contributed by atoms with Crippen LogP contribution in [0.25, 0.3) is 0 Å². The minimum atomic E-state index is -0.701. The minimum Gasteiger partial charge on any atom is -0.494 e. The van der Waals surface area contributed by atoms with E-state index in [1.807, 2.05) is 24.3 Å². The number of carbonyl (C=O) groups excluding carboxylic acids is 1. The SMILES string of the molecule is CCCOc1ccc(C2COC(C=O)OC2)cc1. The summed E-state index contributed by atoms with van der Waals surface area (Å²) in [6.45, 7) is 3.84. The van der Waals surface area contributed by atoms with Crippen LogP contribution in [0.5, 0.6) is 5.75 Å². The van der Waals surface area contributed by atoms with Crippen molar-refractivity contribution < 1.29 is 19.0 Å². The van der Waals surface area contributed by atoms with Gasteiger partial charge in [0.2, 0.25) is 6.29 Å². The highest BCUT2D eigenvalue weighted by atomic mass is 16.7. The summed E-state index contributed by atoms with van der Waals surface area (Å²) in [5.74, 6) is 1.06. The summed E-state index contributed by atoms with van der Waals surface area (Å²) in [5.41, 5.74) is 1.14. The van der Waals surface area contributed by atoms with Gasteiger partial charge in [0.15, 0.2) is 6.29 Å².